The van der Waals surface area contributed by atoms with Crippen molar-refractivity contribution >= 4 is 24.2 Å². The monoisotopic (exact) mass is 174 g/mol. The minimum absolute atomic E-state index is 0.292. The van der Waals surface area contributed by atoms with Crippen LogP contribution in [0.5, 0.6) is 0 Å². The highest BCUT2D eigenvalue weighted by Gasteiger charge is 2.16. The van der Waals surface area contributed by atoms with Crippen LogP contribution in [-0.2, 0) is 4.86 Å². The molecule has 1 aromatic rings. The van der Waals surface area contributed by atoms with Gasteiger partial charge < -0.3 is 5.02 Å². The molecule has 0 aliphatic heterocycles. The van der Waals surface area contributed by atoms with Crippen molar-refractivity contribution in [3.05, 3.63) is 29.3 Å². The van der Waals surface area contributed by atoms with Crippen molar-refractivity contribution in [1.82, 2.24) is 0 Å². The number of hydrogen-bond donors (Lipinski definition) is 1. The predicted octanol–water partition coefficient (Wildman–Crippen LogP) is 0.929. The molecule has 0 fully saturated rings. The lowest BCUT2D eigenvalue weighted by molar-refractivity contribution is -0.0267. The summed E-state index contributed by atoms with van der Waals surface area (Å²) in [6.07, 6.45) is 0. The second-order valence-corrected chi connectivity index (χ2v) is 2.43. The fourth-order valence-corrected chi connectivity index (χ4v) is 0.910. The summed E-state index contributed by atoms with van der Waals surface area (Å²) in [7, 11) is -1.55. The smallest absolute Gasteiger partial charge is 0.421 e. The fourth-order valence-electron chi connectivity index (χ4n) is 0.712. The molecule has 1 N–H and O–H groups in total. The molecule has 0 amide bonds. The summed E-state index contributed by atoms with van der Waals surface area (Å²) in [5, 5.41) is 9.23. The van der Waals surface area contributed by atoms with Gasteiger partial charge in [0.05, 0.1) is 0 Å². The standard InChI is InChI=1S/C6H5BClFO2/c8-6-3-1-2-5(4-6)7(10)11-9/h1-4,10H. The molecule has 0 aromatic heterocycles. The van der Waals surface area contributed by atoms with Crippen LogP contribution in [0.3, 0.4) is 0 Å². The normalized spacial score (nSPS) is 9.73. The maximum atomic E-state index is 11.4. The van der Waals surface area contributed by atoms with E-state index >= 15 is 0 Å². The molecule has 0 spiro atoms. The van der Waals surface area contributed by atoms with E-state index in [4.69, 9.17) is 16.6 Å². The summed E-state index contributed by atoms with van der Waals surface area (Å²) >= 11 is 5.56. The molecule has 0 aliphatic carbocycles. The van der Waals surface area contributed by atoms with Crippen LogP contribution in [0.15, 0.2) is 24.3 Å². The maximum Gasteiger partial charge on any atom is 0.529 e. The average Bonchev–Trinajstić information content (AvgIpc) is 2.03. The van der Waals surface area contributed by atoms with Crippen LogP contribution in [0.4, 0.5) is 4.53 Å². The molecular weight excluding hydrogens is 169 g/mol. The van der Waals surface area contributed by atoms with Gasteiger partial charge in [0.25, 0.3) is 0 Å². The first-order valence-corrected chi connectivity index (χ1v) is 3.33. The number of halogens is 2. The Morgan fingerprint density at radius 1 is 1.55 bits per heavy atom. The molecule has 0 aliphatic rings. The Morgan fingerprint density at radius 2 is 2.27 bits per heavy atom. The third kappa shape index (κ3) is 2.18. The van der Waals surface area contributed by atoms with Crippen molar-refractivity contribution in [3.8, 4) is 0 Å². The molecule has 0 atom stereocenters. The van der Waals surface area contributed by atoms with Crippen LogP contribution in [0, 0.1) is 0 Å². The van der Waals surface area contributed by atoms with E-state index in [2.05, 4.69) is 4.86 Å². The van der Waals surface area contributed by atoms with Crippen LogP contribution < -0.4 is 5.46 Å². The number of rotatable bonds is 2. The molecule has 0 heterocycles. The molecule has 2 nitrogen and oxygen atoms in total. The Labute approximate surface area is 68.6 Å². The van der Waals surface area contributed by atoms with Crippen molar-refractivity contribution < 1.29 is 14.4 Å². The summed E-state index contributed by atoms with van der Waals surface area (Å²) in [5.41, 5.74) is 0.292. The molecular formula is C6H5BClFO2. The van der Waals surface area contributed by atoms with Gasteiger partial charge in [0.1, 0.15) is 0 Å². The Morgan fingerprint density at radius 3 is 2.82 bits per heavy atom. The van der Waals surface area contributed by atoms with Gasteiger partial charge in [0.15, 0.2) is 0 Å². The second-order valence-electron chi connectivity index (χ2n) is 2.00. The summed E-state index contributed by atoms with van der Waals surface area (Å²) in [6.45, 7) is 0. The molecule has 1 rings (SSSR count). The average molecular weight is 174 g/mol. The van der Waals surface area contributed by atoms with Gasteiger partial charge in [-0.05, 0) is 17.6 Å². The Kier molecular flexibility index (Phi) is 2.88. The summed E-state index contributed by atoms with van der Waals surface area (Å²) < 4.78 is 11.4. The number of benzene rings is 1. The third-order valence-electron chi connectivity index (χ3n) is 1.22. The van der Waals surface area contributed by atoms with E-state index < -0.39 is 7.12 Å². The van der Waals surface area contributed by atoms with Crippen LogP contribution in [0.25, 0.3) is 0 Å². The van der Waals surface area contributed by atoms with E-state index in [-0.39, 0.29) is 0 Å². The highest BCUT2D eigenvalue weighted by atomic mass is 35.5. The third-order valence-corrected chi connectivity index (χ3v) is 1.45. The van der Waals surface area contributed by atoms with Gasteiger partial charge in [0.2, 0.25) is 0 Å². The van der Waals surface area contributed by atoms with Gasteiger partial charge >= 0.3 is 7.12 Å². The lowest BCUT2D eigenvalue weighted by Crippen LogP contribution is -2.30. The van der Waals surface area contributed by atoms with E-state index in [0.717, 1.165) is 0 Å². The Hall–Kier alpha value is -0.575. The van der Waals surface area contributed by atoms with Gasteiger partial charge in [-0.3, -0.25) is 0 Å². The van der Waals surface area contributed by atoms with Crippen molar-refractivity contribution in [3.63, 3.8) is 0 Å². The van der Waals surface area contributed by atoms with Crippen LogP contribution >= 0.6 is 11.6 Å². The summed E-state index contributed by atoms with van der Waals surface area (Å²) in [5.74, 6) is 0. The van der Waals surface area contributed by atoms with Crippen molar-refractivity contribution in [2.45, 2.75) is 0 Å². The van der Waals surface area contributed by atoms with Gasteiger partial charge in [-0.15, -0.1) is 0 Å². The van der Waals surface area contributed by atoms with E-state index in [0.29, 0.717) is 10.5 Å². The zero-order chi connectivity index (χ0) is 8.27. The fraction of sp³-hybridized carbons (Fsp3) is 0. The minimum atomic E-state index is -1.55. The van der Waals surface area contributed by atoms with E-state index in [1.807, 2.05) is 0 Å². The zero-order valence-electron chi connectivity index (χ0n) is 5.50. The minimum Gasteiger partial charge on any atom is -0.421 e. The van der Waals surface area contributed by atoms with Gasteiger partial charge in [-0.1, -0.05) is 28.3 Å². The molecule has 0 saturated heterocycles. The first kappa shape index (κ1) is 8.52. The first-order chi connectivity index (χ1) is 5.24. The van der Waals surface area contributed by atoms with Gasteiger partial charge in [-0.2, -0.15) is 0 Å². The molecule has 5 heteroatoms. The van der Waals surface area contributed by atoms with Crippen molar-refractivity contribution in [2.24, 2.45) is 0 Å². The van der Waals surface area contributed by atoms with Crippen molar-refractivity contribution in [2.75, 3.05) is 0 Å². The van der Waals surface area contributed by atoms with Crippen LogP contribution in [0.2, 0.25) is 5.02 Å². The summed E-state index contributed by atoms with van der Waals surface area (Å²) in [4.78, 5) is 3.19. The van der Waals surface area contributed by atoms with Gasteiger partial charge in [0, 0.05) is 5.02 Å². The quantitative estimate of drug-likeness (QED) is 0.676. The highest BCUT2D eigenvalue weighted by Crippen LogP contribution is 2.04. The largest absolute Gasteiger partial charge is 0.529 e. The summed E-state index contributed by atoms with van der Waals surface area (Å²) in [6, 6.07) is 6.15. The van der Waals surface area contributed by atoms with Gasteiger partial charge in [-0.25, -0.2) is 4.86 Å². The molecule has 0 unspecified atom stereocenters. The highest BCUT2D eigenvalue weighted by molar-refractivity contribution is 6.60. The van der Waals surface area contributed by atoms with Crippen molar-refractivity contribution in [1.29, 1.82) is 0 Å². The topological polar surface area (TPSA) is 29.5 Å². The molecule has 0 saturated carbocycles. The molecule has 58 valence electrons. The first-order valence-electron chi connectivity index (χ1n) is 2.95. The number of hydrogen-bond acceptors (Lipinski definition) is 2. The maximum absolute atomic E-state index is 11.4. The van der Waals surface area contributed by atoms with Crippen LogP contribution in [-0.4, -0.2) is 12.1 Å². The Bertz CT molecular complexity index is 246. The van der Waals surface area contributed by atoms with E-state index in [9.17, 15) is 4.53 Å². The molecule has 1 aromatic carbocycles. The molecule has 11 heavy (non-hydrogen) atoms. The second kappa shape index (κ2) is 3.71. The lowest BCUT2D eigenvalue weighted by Gasteiger charge is -1.99. The van der Waals surface area contributed by atoms with Crippen LogP contribution in [0.1, 0.15) is 0 Å². The molecule has 0 radical (unpaired) electrons. The lowest BCUT2D eigenvalue weighted by atomic mass is 9.80. The zero-order valence-corrected chi connectivity index (χ0v) is 6.25. The SMILES string of the molecule is OB(OF)c1cccc(Cl)c1. The van der Waals surface area contributed by atoms with E-state index in [1.54, 1.807) is 12.1 Å². The molecule has 0 bridgehead atoms. The Balaban J connectivity index is 2.86. The predicted molar refractivity (Wildman–Crippen MR) is 41.3 cm³/mol. The van der Waals surface area contributed by atoms with E-state index in [1.165, 1.54) is 12.1 Å².